The van der Waals surface area contributed by atoms with Crippen LogP contribution in [0.4, 0.5) is 0 Å². The molecule has 0 radical (unpaired) electrons. The normalized spacial score (nSPS) is 13.3. The Bertz CT molecular complexity index is 733. The van der Waals surface area contributed by atoms with Gasteiger partial charge in [-0.3, -0.25) is 0 Å². The fourth-order valence-corrected chi connectivity index (χ4v) is 2.70. The molecular formula is C21H30IN3O2. The molecule has 0 aromatic heterocycles. The molecule has 0 aliphatic carbocycles. The van der Waals surface area contributed by atoms with Gasteiger partial charge in [-0.1, -0.05) is 36.4 Å². The predicted molar refractivity (Wildman–Crippen MR) is 122 cm³/mol. The lowest BCUT2D eigenvalue weighted by Crippen LogP contribution is -2.44. The Labute approximate surface area is 179 Å². The van der Waals surface area contributed by atoms with Crippen molar-refractivity contribution in [3.05, 3.63) is 65.2 Å². The van der Waals surface area contributed by atoms with E-state index in [1.165, 1.54) is 0 Å². The highest BCUT2D eigenvalue weighted by Gasteiger charge is 2.22. The van der Waals surface area contributed by atoms with Crippen molar-refractivity contribution in [2.24, 2.45) is 4.99 Å². The topological polar surface area (TPSA) is 65.9 Å². The first kappa shape index (κ1) is 23.2. The van der Waals surface area contributed by atoms with Gasteiger partial charge in [-0.2, -0.15) is 0 Å². The van der Waals surface area contributed by atoms with E-state index < -0.39 is 5.60 Å². The van der Waals surface area contributed by atoms with Crippen LogP contribution in [0.3, 0.4) is 0 Å². The highest BCUT2D eigenvalue weighted by Crippen LogP contribution is 2.19. The maximum absolute atomic E-state index is 10.7. The van der Waals surface area contributed by atoms with E-state index in [0.29, 0.717) is 19.0 Å². The molecule has 1 atom stereocenters. The highest BCUT2D eigenvalue weighted by atomic mass is 127. The van der Waals surface area contributed by atoms with Crippen molar-refractivity contribution >= 4 is 29.9 Å². The molecule has 3 N–H and O–H groups in total. The molecule has 2 rings (SSSR count). The molecular weight excluding hydrogens is 453 g/mol. The molecule has 0 bridgehead atoms. The van der Waals surface area contributed by atoms with E-state index in [0.717, 1.165) is 29.0 Å². The molecule has 0 amide bonds. The van der Waals surface area contributed by atoms with E-state index in [1.54, 1.807) is 14.0 Å². The van der Waals surface area contributed by atoms with Crippen molar-refractivity contribution in [1.29, 1.82) is 0 Å². The van der Waals surface area contributed by atoms with Crippen LogP contribution in [0.5, 0.6) is 5.75 Å². The summed E-state index contributed by atoms with van der Waals surface area (Å²) in [7, 11) is 1.67. The first-order chi connectivity index (χ1) is 12.4. The Hall–Kier alpha value is -1.80. The van der Waals surface area contributed by atoms with E-state index in [4.69, 9.17) is 4.74 Å². The molecule has 1 unspecified atom stereocenters. The number of methoxy groups -OCH3 is 1. The van der Waals surface area contributed by atoms with Crippen molar-refractivity contribution < 1.29 is 9.84 Å². The summed E-state index contributed by atoms with van der Waals surface area (Å²) < 4.78 is 5.32. The monoisotopic (exact) mass is 483 g/mol. The molecule has 2 aromatic carbocycles. The Kier molecular flexibility index (Phi) is 9.59. The number of hydrogen-bond donors (Lipinski definition) is 3. The van der Waals surface area contributed by atoms with E-state index in [1.807, 2.05) is 56.3 Å². The zero-order chi connectivity index (χ0) is 19.0. The number of ether oxygens (including phenoxy) is 1. The van der Waals surface area contributed by atoms with Crippen LogP contribution in [0.1, 0.15) is 30.5 Å². The van der Waals surface area contributed by atoms with Gasteiger partial charge in [-0.25, -0.2) is 4.99 Å². The van der Waals surface area contributed by atoms with Gasteiger partial charge < -0.3 is 20.5 Å². The average molecular weight is 483 g/mol. The quantitative estimate of drug-likeness (QED) is 0.320. The first-order valence-corrected chi connectivity index (χ1v) is 8.89. The smallest absolute Gasteiger partial charge is 0.191 e. The summed E-state index contributed by atoms with van der Waals surface area (Å²) in [6, 6.07) is 15.7. The minimum atomic E-state index is -0.982. The van der Waals surface area contributed by atoms with Crippen LogP contribution in [0.25, 0.3) is 0 Å². The Balaban J connectivity index is 0.00000364. The maximum atomic E-state index is 10.7. The van der Waals surface area contributed by atoms with Gasteiger partial charge in [0, 0.05) is 6.54 Å². The molecule has 0 saturated carbocycles. The number of hydrogen-bond acceptors (Lipinski definition) is 3. The number of nitrogens with one attached hydrogen (secondary N) is 2. The molecule has 0 aliphatic rings. The van der Waals surface area contributed by atoms with Crippen LogP contribution in [-0.2, 0) is 12.1 Å². The molecule has 148 valence electrons. The van der Waals surface area contributed by atoms with Crippen molar-refractivity contribution in [2.45, 2.75) is 32.9 Å². The summed E-state index contributed by atoms with van der Waals surface area (Å²) in [5.41, 5.74) is 2.10. The Morgan fingerprint density at radius 1 is 1.15 bits per heavy atom. The second kappa shape index (κ2) is 11.1. The number of halogens is 1. The third-order valence-corrected chi connectivity index (χ3v) is 4.11. The first-order valence-electron chi connectivity index (χ1n) is 8.89. The van der Waals surface area contributed by atoms with Crippen molar-refractivity contribution in [3.8, 4) is 5.75 Å². The molecule has 2 aromatic rings. The fourth-order valence-electron chi connectivity index (χ4n) is 2.70. The molecule has 0 heterocycles. The SMILES string of the molecule is CCNC(=NCc1cc(C)cc(OC)c1)NCC(C)(O)c1ccccc1.I. The summed E-state index contributed by atoms with van der Waals surface area (Å²) in [5, 5.41) is 17.2. The zero-order valence-electron chi connectivity index (χ0n) is 16.5. The lowest BCUT2D eigenvalue weighted by Gasteiger charge is -2.25. The zero-order valence-corrected chi connectivity index (χ0v) is 18.8. The van der Waals surface area contributed by atoms with Crippen LogP contribution in [0, 0.1) is 6.92 Å². The molecule has 5 nitrogen and oxygen atoms in total. The van der Waals surface area contributed by atoms with Crippen LogP contribution in [-0.4, -0.2) is 31.3 Å². The number of guanidine groups is 1. The Morgan fingerprint density at radius 2 is 1.85 bits per heavy atom. The van der Waals surface area contributed by atoms with Gasteiger partial charge in [0.2, 0.25) is 0 Å². The summed E-state index contributed by atoms with van der Waals surface area (Å²) in [6.45, 7) is 7.49. The van der Waals surface area contributed by atoms with E-state index in [2.05, 4.69) is 21.7 Å². The Morgan fingerprint density at radius 3 is 2.48 bits per heavy atom. The van der Waals surface area contributed by atoms with Crippen LogP contribution in [0.2, 0.25) is 0 Å². The van der Waals surface area contributed by atoms with Crippen molar-refractivity contribution in [1.82, 2.24) is 10.6 Å². The minimum Gasteiger partial charge on any atom is -0.497 e. The highest BCUT2D eigenvalue weighted by molar-refractivity contribution is 14.0. The van der Waals surface area contributed by atoms with Gasteiger partial charge in [0.05, 0.1) is 20.2 Å². The lowest BCUT2D eigenvalue weighted by molar-refractivity contribution is 0.0617. The van der Waals surface area contributed by atoms with Gasteiger partial charge in [0.25, 0.3) is 0 Å². The maximum Gasteiger partial charge on any atom is 0.191 e. The number of aliphatic imine (C=N–C) groups is 1. The number of aryl methyl sites for hydroxylation is 1. The summed E-state index contributed by atoms with van der Waals surface area (Å²) in [4.78, 5) is 4.62. The van der Waals surface area contributed by atoms with E-state index >= 15 is 0 Å². The number of benzene rings is 2. The third-order valence-electron chi connectivity index (χ3n) is 4.11. The van der Waals surface area contributed by atoms with E-state index in [-0.39, 0.29) is 24.0 Å². The molecule has 0 fully saturated rings. The standard InChI is InChI=1S/C21H29N3O2.HI/c1-5-22-20(23-14-17-11-16(2)12-19(13-17)26-4)24-15-21(3,25)18-9-7-6-8-10-18;/h6-13,25H,5,14-15H2,1-4H3,(H2,22,23,24);1H. The van der Waals surface area contributed by atoms with Crippen molar-refractivity contribution in [2.75, 3.05) is 20.2 Å². The van der Waals surface area contributed by atoms with Crippen molar-refractivity contribution in [3.63, 3.8) is 0 Å². The molecule has 0 aliphatic heterocycles. The number of nitrogens with zero attached hydrogens (tertiary/aromatic N) is 1. The lowest BCUT2D eigenvalue weighted by atomic mass is 9.96. The van der Waals surface area contributed by atoms with Gasteiger partial charge in [0.15, 0.2) is 5.96 Å². The third kappa shape index (κ3) is 7.38. The van der Waals surface area contributed by atoms with E-state index in [9.17, 15) is 5.11 Å². The van der Waals surface area contributed by atoms with Gasteiger partial charge in [-0.15, -0.1) is 24.0 Å². The van der Waals surface area contributed by atoms with Crippen LogP contribution >= 0.6 is 24.0 Å². The second-order valence-corrected chi connectivity index (χ2v) is 6.55. The average Bonchev–Trinajstić information content (AvgIpc) is 2.64. The minimum absolute atomic E-state index is 0. The summed E-state index contributed by atoms with van der Waals surface area (Å²) >= 11 is 0. The van der Waals surface area contributed by atoms with Gasteiger partial charge in [0.1, 0.15) is 11.4 Å². The van der Waals surface area contributed by atoms with Crippen LogP contribution < -0.4 is 15.4 Å². The van der Waals surface area contributed by atoms with Gasteiger partial charge >= 0.3 is 0 Å². The number of rotatable bonds is 7. The number of aliphatic hydroxyl groups is 1. The van der Waals surface area contributed by atoms with Crippen LogP contribution in [0.15, 0.2) is 53.5 Å². The summed E-state index contributed by atoms with van der Waals surface area (Å²) in [5.74, 6) is 1.50. The predicted octanol–water partition coefficient (Wildman–Crippen LogP) is 3.58. The summed E-state index contributed by atoms with van der Waals surface area (Å²) in [6.07, 6.45) is 0. The molecule has 0 spiro atoms. The molecule has 6 heteroatoms. The second-order valence-electron chi connectivity index (χ2n) is 6.55. The fraction of sp³-hybridized carbons (Fsp3) is 0.381. The van der Waals surface area contributed by atoms with Gasteiger partial charge in [-0.05, 0) is 49.6 Å². The molecule has 27 heavy (non-hydrogen) atoms. The largest absolute Gasteiger partial charge is 0.497 e. The molecule has 0 saturated heterocycles.